The highest BCUT2D eigenvalue weighted by Crippen LogP contribution is 2.21. The van der Waals surface area contributed by atoms with Crippen LogP contribution < -0.4 is 10.0 Å². The highest BCUT2D eigenvalue weighted by Gasteiger charge is 2.19. The summed E-state index contributed by atoms with van der Waals surface area (Å²) < 4.78 is 43.3. The number of sulfonamides is 1. The average molecular weight is 463 g/mol. The van der Waals surface area contributed by atoms with Gasteiger partial charge in [-0.05, 0) is 42.5 Å². The Morgan fingerprint density at radius 3 is 2.61 bits per heavy atom. The van der Waals surface area contributed by atoms with Crippen LogP contribution in [0.15, 0.2) is 64.1 Å². The number of hydrogen-bond acceptors (Lipinski definition) is 8. The number of carbonyl (C=O) groups is 1. The lowest BCUT2D eigenvalue weighted by Gasteiger charge is -2.12. The van der Waals surface area contributed by atoms with Gasteiger partial charge in [0, 0.05) is 16.3 Å². The van der Waals surface area contributed by atoms with Gasteiger partial charge in [0.05, 0.1) is 4.90 Å². The fourth-order valence-corrected chi connectivity index (χ4v) is 3.75. The normalized spacial score (nSPS) is 13.5. The number of aromatic nitrogens is 2. The predicted octanol–water partition coefficient (Wildman–Crippen LogP) is 3.12. The Morgan fingerprint density at radius 1 is 1.06 bits per heavy atom. The van der Waals surface area contributed by atoms with Crippen LogP contribution in [0.25, 0.3) is 5.76 Å². The van der Waals surface area contributed by atoms with Gasteiger partial charge in [0.2, 0.25) is 5.76 Å². The number of nitrogens with one attached hydrogen (secondary N) is 2. The van der Waals surface area contributed by atoms with Crippen molar-refractivity contribution in [2.45, 2.75) is 4.90 Å². The first kappa shape index (κ1) is 20.7. The first-order valence-electron chi connectivity index (χ1n) is 8.89. The van der Waals surface area contributed by atoms with Crippen LogP contribution in [-0.4, -0.2) is 37.7 Å². The highest BCUT2D eigenvalue weighted by atomic mass is 35.5. The minimum atomic E-state index is -3.85. The number of anilines is 2. The van der Waals surface area contributed by atoms with Crippen LogP contribution in [0.2, 0.25) is 5.02 Å². The minimum Gasteiger partial charge on any atom is -0.494 e. The SMILES string of the molecule is O=C(Nc1nnc(C2=COCCO2)o1)c1cccc(NS(=O)(=O)c2ccc(Cl)cc2)c1. The van der Waals surface area contributed by atoms with Crippen molar-refractivity contribution < 1.29 is 27.1 Å². The first-order valence-corrected chi connectivity index (χ1v) is 10.7. The van der Waals surface area contributed by atoms with Crippen molar-refractivity contribution in [2.75, 3.05) is 23.3 Å². The van der Waals surface area contributed by atoms with Crippen LogP contribution in [0.1, 0.15) is 16.2 Å². The molecule has 0 fully saturated rings. The lowest BCUT2D eigenvalue weighted by Crippen LogP contribution is -2.15. The van der Waals surface area contributed by atoms with Crippen molar-refractivity contribution in [3.8, 4) is 0 Å². The Hall–Kier alpha value is -3.57. The summed E-state index contributed by atoms with van der Waals surface area (Å²) in [5.74, 6) is -0.255. The first-order chi connectivity index (χ1) is 14.9. The zero-order chi connectivity index (χ0) is 21.8. The molecule has 0 unspecified atom stereocenters. The second kappa shape index (κ2) is 8.66. The van der Waals surface area contributed by atoms with Crippen LogP contribution >= 0.6 is 11.6 Å². The molecule has 3 aromatic rings. The van der Waals surface area contributed by atoms with E-state index in [-0.39, 0.29) is 33.8 Å². The Labute approximate surface area is 181 Å². The largest absolute Gasteiger partial charge is 0.494 e. The quantitative estimate of drug-likeness (QED) is 0.570. The summed E-state index contributed by atoms with van der Waals surface area (Å²) in [6.45, 7) is 0.758. The molecule has 160 valence electrons. The molecule has 0 spiro atoms. The summed E-state index contributed by atoms with van der Waals surface area (Å²) in [7, 11) is -3.85. The molecule has 0 aliphatic carbocycles. The molecule has 1 aliphatic rings. The molecule has 31 heavy (non-hydrogen) atoms. The van der Waals surface area contributed by atoms with Gasteiger partial charge in [-0.1, -0.05) is 22.8 Å². The van der Waals surface area contributed by atoms with Crippen molar-refractivity contribution in [2.24, 2.45) is 0 Å². The van der Waals surface area contributed by atoms with E-state index >= 15 is 0 Å². The van der Waals surface area contributed by atoms with Gasteiger partial charge in [-0.25, -0.2) is 8.42 Å². The summed E-state index contributed by atoms with van der Waals surface area (Å²) in [6.07, 6.45) is 1.35. The highest BCUT2D eigenvalue weighted by molar-refractivity contribution is 7.92. The van der Waals surface area contributed by atoms with E-state index in [0.717, 1.165) is 0 Å². The molecule has 4 rings (SSSR count). The molecule has 1 aliphatic heterocycles. The van der Waals surface area contributed by atoms with Gasteiger partial charge in [0.25, 0.3) is 21.8 Å². The molecule has 12 heteroatoms. The van der Waals surface area contributed by atoms with Gasteiger partial charge >= 0.3 is 6.01 Å². The number of amides is 1. The lowest BCUT2D eigenvalue weighted by molar-refractivity contribution is 0.102. The third-order valence-electron chi connectivity index (χ3n) is 4.01. The van der Waals surface area contributed by atoms with E-state index in [0.29, 0.717) is 18.2 Å². The molecule has 2 N–H and O–H groups in total. The van der Waals surface area contributed by atoms with Gasteiger partial charge in [0.15, 0.2) is 0 Å². The maximum absolute atomic E-state index is 12.5. The molecule has 0 bridgehead atoms. The standard InChI is InChI=1S/C19H15ClN4O6S/c20-13-4-6-15(7-5-13)31(26,27)24-14-3-1-2-12(10-14)17(25)21-19-23-22-18(30-19)16-11-28-8-9-29-16/h1-7,10-11,24H,8-9H2,(H,21,23,25). The van der Waals surface area contributed by atoms with E-state index in [9.17, 15) is 13.2 Å². The third-order valence-corrected chi connectivity index (χ3v) is 5.66. The minimum absolute atomic E-state index is 0.0355. The van der Waals surface area contributed by atoms with Gasteiger partial charge in [-0.3, -0.25) is 14.8 Å². The van der Waals surface area contributed by atoms with Gasteiger partial charge < -0.3 is 13.9 Å². The zero-order valence-electron chi connectivity index (χ0n) is 15.7. The number of ether oxygens (including phenoxy) is 2. The Kier molecular flexibility index (Phi) is 5.78. The summed E-state index contributed by atoms with van der Waals surface area (Å²) in [6, 6.07) is 11.5. The second-order valence-corrected chi connectivity index (χ2v) is 8.33. The van der Waals surface area contributed by atoms with Crippen molar-refractivity contribution in [3.63, 3.8) is 0 Å². The molecule has 1 aromatic heterocycles. The molecule has 10 nitrogen and oxygen atoms in total. The molecular formula is C19H15ClN4O6S. The van der Waals surface area contributed by atoms with E-state index in [2.05, 4.69) is 20.2 Å². The number of nitrogens with zero attached hydrogens (tertiary/aromatic N) is 2. The summed E-state index contributed by atoms with van der Waals surface area (Å²) in [5.41, 5.74) is 0.374. The number of rotatable bonds is 6. The van der Waals surface area contributed by atoms with Crippen molar-refractivity contribution in [1.29, 1.82) is 0 Å². The zero-order valence-corrected chi connectivity index (χ0v) is 17.3. The number of hydrogen-bond donors (Lipinski definition) is 2. The summed E-state index contributed by atoms with van der Waals surface area (Å²) >= 11 is 5.80. The molecular weight excluding hydrogens is 448 g/mol. The predicted molar refractivity (Wildman–Crippen MR) is 111 cm³/mol. The van der Waals surface area contributed by atoms with Gasteiger partial charge in [-0.2, -0.15) is 0 Å². The van der Waals surface area contributed by atoms with Crippen LogP contribution in [0.4, 0.5) is 11.7 Å². The van der Waals surface area contributed by atoms with E-state index < -0.39 is 15.9 Å². The molecule has 0 atom stereocenters. The molecule has 2 heterocycles. The van der Waals surface area contributed by atoms with Crippen molar-refractivity contribution in [1.82, 2.24) is 10.2 Å². The van der Waals surface area contributed by atoms with Crippen LogP contribution in [0.3, 0.4) is 0 Å². The van der Waals surface area contributed by atoms with E-state index in [1.165, 1.54) is 54.8 Å². The Bertz CT molecular complexity index is 1240. The lowest BCUT2D eigenvalue weighted by atomic mass is 10.2. The maximum Gasteiger partial charge on any atom is 0.322 e. The molecule has 0 radical (unpaired) electrons. The fraction of sp³-hybridized carbons (Fsp3) is 0.105. The number of halogens is 1. The van der Waals surface area contributed by atoms with Crippen molar-refractivity contribution >= 4 is 45.0 Å². The Balaban J connectivity index is 1.46. The van der Waals surface area contributed by atoms with Crippen LogP contribution in [0, 0.1) is 0 Å². The smallest absolute Gasteiger partial charge is 0.322 e. The van der Waals surface area contributed by atoms with E-state index in [1.807, 2.05) is 0 Å². The summed E-state index contributed by atoms with van der Waals surface area (Å²) in [5, 5.41) is 10.4. The van der Waals surface area contributed by atoms with Crippen molar-refractivity contribution in [3.05, 3.63) is 71.3 Å². The molecule has 1 amide bonds. The number of carbonyl (C=O) groups excluding carboxylic acids is 1. The maximum atomic E-state index is 12.5. The van der Waals surface area contributed by atoms with Crippen LogP contribution in [0.5, 0.6) is 0 Å². The summed E-state index contributed by atoms with van der Waals surface area (Å²) in [4.78, 5) is 12.6. The topological polar surface area (TPSA) is 133 Å². The molecule has 2 aromatic carbocycles. The third kappa shape index (κ3) is 4.95. The number of benzene rings is 2. The average Bonchev–Trinajstić information content (AvgIpc) is 3.23. The van der Waals surface area contributed by atoms with Crippen LogP contribution in [-0.2, 0) is 19.5 Å². The monoisotopic (exact) mass is 462 g/mol. The van der Waals surface area contributed by atoms with Gasteiger partial charge in [-0.15, -0.1) is 5.10 Å². The molecule has 0 saturated heterocycles. The molecule has 0 saturated carbocycles. The van der Waals surface area contributed by atoms with E-state index in [1.54, 1.807) is 0 Å². The van der Waals surface area contributed by atoms with E-state index in [4.69, 9.17) is 25.5 Å². The Morgan fingerprint density at radius 2 is 1.87 bits per heavy atom. The van der Waals surface area contributed by atoms with Gasteiger partial charge in [0.1, 0.15) is 19.5 Å². The second-order valence-electron chi connectivity index (χ2n) is 6.21. The fourth-order valence-electron chi connectivity index (χ4n) is 2.57.